The fourth-order valence-electron chi connectivity index (χ4n) is 2.67. The number of fused-ring (bicyclic) bond motifs is 1. The van der Waals surface area contributed by atoms with Crippen LogP contribution in [0.1, 0.15) is 6.42 Å². The second kappa shape index (κ2) is 3.91. The zero-order chi connectivity index (χ0) is 11.0. The highest BCUT2D eigenvalue weighted by atomic mass is 19.1. The number of rotatable bonds is 1. The van der Waals surface area contributed by atoms with Gasteiger partial charge in [0, 0.05) is 24.3 Å². The normalized spacial score (nSPS) is 28.2. The van der Waals surface area contributed by atoms with Crippen LogP contribution in [0.4, 0.5) is 10.1 Å². The van der Waals surface area contributed by atoms with E-state index in [1.54, 1.807) is 12.1 Å². The number of hydrogen-bond acceptors (Lipinski definition) is 2. The van der Waals surface area contributed by atoms with Gasteiger partial charge in [0.1, 0.15) is 5.82 Å². The van der Waals surface area contributed by atoms with Crippen LogP contribution >= 0.6 is 0 Å². The fourth-order valence-corrected chi connectivity index (χ4v) is 2.67. The van der Waals surface area contributed by atoms with Crippen LogP contribution in [0.15, 0.2) is 36.4 Å². The van der Waals surface area contributed by atoms with Crippen LogP contribution < -0.4 is 10.2 Å². The third-order valence-electron chi connectivity index (χ3n) is 3.42. The van der Waals surface area contributed by atoms with Crippen LogP contribution in [-0.4, -0.2) is 25.2 Å². The van der Waals surface area contributed by atoms with Crippen molar-refractivity contribution in [1.82, 2.24) is 5.32 Å². The van der Waals surface area contributed by atoms with Crippen molar-refractivity contribution < 1.29 is 4.39 Å². The van der Waals surface area contributed by atoms with Crippen LogP contribution in [0.3, 0.4) is 0 Å². The smallest absolute Gasteiger partial charge is 0.125 e. The average Bonchev–Trinajstić information content (AvgIpc) is 2.76. The summed E-state index contributed by atoms with van der Waals surface area (Å²) in [6.07, 6.45) is 5.52. The molecule has 0 aromatic heterocycles. The van der Waals surface area contributed by atoms with Crippen molar-refractivity contribution in [3.05, 3.63) is 42.2 Å². The van der Waals surface area contributed by atoms with E-state index in [0.717, 1.165) is 25.2 Å². The Kier molecular flexibility index (Phi) is 2.40. The third-order valence-corrected chi connectivity index (χ3v) is 3.42. The zero-order valence-electron chi connectivity index (χ0n) is 9.07. The number of benzene rings is 1. The molecule has 1 aromatic rings. The third kappa shape index (κ3) is 1.61. The van der Waals surface area contributed by atoms with Crippen LogP contribution in [0.25, 0.3) is 0 Å². The quantitative estimate of drug-likeness (QED) is 0.725. The van der Waals surface area contributed by atoms with Crippen molar-refractivity contribution in [3.8, 4) is 0 Å². The molecule has 84 valence electrons. The van der Waals surface area contributed by atoms with Crippen LogP contribution in [0.5, 0.6) is 0 Å². The van der Waals surface area contributed by atoms with Crippen molar-refractivity contribution in [1.29, 1.82) is 0 Å². The van der Waals surface area contributed by atoms with Crippen molar-refractivity contribution in [2.24, 2.45) is 0 Å². The molecule has 2 aliphatic rings. The van der Waals surface area contributed by atoms with Gasteiger partial charge in [0.25, 0.3) is 0 Å². The molecule has 2 atom stereocenters. The van der Waals surface area contributed by atoms with Gasteiger partial charge in [-0.25, -0.2) is 4.39 Å². The molecule has 1 N–H and O–H groups in total. The molecule has 1 saturated heterocycles. The average molecular weight is 218 g/mol. The van der Waals surface area contributed by atoms with Gasteiger partial charge >= 0.3 is 0 Å². The molecule has 0 aliphatic carbocycles. The van der Waals surface area contributed by atoms with Crippen molar-refractivity contribution >= 4 is 5.69 Å². The minimum atomic E-state index is -0.158. The maximum atomic E-state index is 13.2. The molecule has 0 saturated carbocycles. The Labute approximate surface area is 94.8 Å². The van der Waals surface area contributed by atoms with Crippen LogP contribution in [0.2, 0.25) is 0 Å². The van der Waals surface area contributed by atoms with E-state index >= 15 is 0 Å². The minimum Gasteiger partial charge on any atom is -0.363 e. The fraction of sp³-hybridized carbons (Fsp3) is 0.385. The van der Waals surface area contributed by atoms with Crippen molar-refractivity contribution in [2.45, 2.75) is 18.5 Å². The highest BCUT2D eigenvalue weighted by Gasteiger charge is 2.32. The second-order valence-corrected chi connectivity index (χ2v) is 4.40. The molecule has 0 unspecified atom stereocenters. The molecule has 0 amide bonds. The molecule has 3 rings (SSSR count). The van der Waals surface area contributed by atoms with Gasteiger partial charge in [-0.3, -0.25) is 0 Å². The summed E-state index contributed by atoms with van der Waals surface area (Å²) in [4.78, 5) is 2.29. The summed E-state index contributed by atoms with van der Waals surface area (Å²) in [5.41, 5.74) is 0.989. The number of halogens is 1. The lowest BCUT2D eigenvalue weighted by Gasteiger charge is -2.35. The summed E-state index contributed by atoms with van der Waals surface area (Å²) in [6, 6.07) is 7.78. The second-order valence-electron chi connectivity index (χ2n) is 4.40. The molecule has 3 heteroatoms. The largest absolute Gasteiger partial charge is 0.363 e. The van der Waals surface area contributed by atoms with Gasteiger partial charge in [0.15, 0.2) is 0 Å². The molecule has 2 heterocycles. The van der Waals surface area contributed by atoms with E-state index in [1.807, 2.05) is 6.07 Å². The monoisotopic (exact) mass is 218 g/mol. The number of hydrogen-bond donors (Lipinski definition) is 1. The maximum absolute atomic E-state index is 13.2. The predicted octanol–water partition coefficient (Wildman–Crippen LogP) is 1.93. The Balaban J connectivity index is 1.92. The highest BCUT2D eigenvalue weighted by molar-refractivity contribution is 5.50. The Morgan fingerprint density at radius 2 is 2.31 bits per heavy atom. The molecule has 0 radical (unpaired) electrons. The molecule has 2 nitrogen and oxygen atoms in total. The van der Waals surface area contributed by atoms with Crippen molar-refractivity contribution in [3.63, 3.8) is 0 Å². The van der Waals surface area contributed by atoms with Gasteiger partial charge < -0.3 is 10.2 Å². The molecule has 1 aromatic carbocycles. The van der Waals surface area contributed by atoms with Crippen LogP contribution in [-0.2, 0) is 0 Å². The SMILES string of the molecule is Fc1cccc(N2CC=C[C@H]3NCC[C@H]32)c1. The standard InChI is InChI=1S/C13H15FN2/c14-10-3-1-4-11(9-10)16-8-2-5-12-13(16)6-7-15-12/h1-5,9,12-13,15H,6-8H2/t12-,13-/m1/s1. The lowest BCUT2D eigenvalue weighted by Crippen LogP contribution is -2.46. The topological polar surface area (TPSA) is 15.3 Å². The molecule has 16 heavy (non-hydrogen) atoms. The molecule has 0 bridgehead atoms. The van der Waals surface area contributed by atoms with Gasteiger partial charge in [0.05, 0.1) is 0 Å². The first kappa shape index (κ1) is 9.85. The molecular formula is C13H15FN2. The Morgan fingerprint density at radius 3 is 3.19 bits per heavy atom. The van der Waals surface area contributed by atoms with E-state index in [0.29, 0.717) is 12.1 Å². The van der Waals surface area contributed by atoms with E-state index in [1.165, 1.54) is 6.07 Å². The molecule has 0 spiro atoms. The lowest BCUT2D eigenvalue weighted by atomic mass is 10.0. The minimum absolute atomic E-state index is 0.158. The summed E-state index contributed by atoms with van der Waals surface area (Å²) in [5, 5.41) is 3.45. The summed E-state index contributed by atoms with van der Waals surface area (Å²) >= 11 is 0. The van der Waals surface area contributed by atoms with Gasteiger partial charge in [-0.2, -0.15) is 0 Å². The van der Waals surface area contributed by atoms with Gasteiger partial charge in [-0.05, 0) is 31.2 Å². The molecular weight excluding hydrogens is 203 g/mol. The summed E-state index contributed by atoms with van der Waals surface area (Å²) in [6.45, 7) is 1.93. The van der Waals surface area contributed by atoms with E-state index in [9.17, 15) is 4.39 Å². The number of anilines is 1. The van der Waals surface area contributed by atoms with E-state index in [2.05, 4.69) is 22.4 Å². The number of nitrogens with zero attached hydrogens (tertiary/aromatic N) is 1. The maximum Gasteiger partial charge on any atom is 0.125 e. The Hall–Kier alpha value is -1.35. The van der Waals surface area contributed by atoms with Crippen LogP contribution in [0, 0.1) is 5.82 Å². The van der Waals surface area contributed by atoms with Gasteiger partial charge in [0.2, 0.25) is 0 Å². The van der Waals surface area contributed by atoms with Gasteiger partial charge in [-0.15, -0.1) is 0 Å². The summed E-state index contributed by atoms with van der Waals surface area (Å²) in [5.74, 6) is -0.158. The first-order valence-corrected chi connectivity index (χ1v) is 5.77. The highest BCUT2D eigenvalue weighted by Crippen LogP contribution is 2.26. The van der Waals surface area contributed by atoms with E-state index in [-0.39, 0.29) is 5.82 Å². The first-order valence-electron chi connectivity index (χ1n) is 5.77. The van der Waals surface area contributed by atoms with Gasteiger partial charge in [-0.1, -0.05) is 18.2 Å². The van der Waals surface area contributed by atoms with E-state index in [4.69, 9.17) is 0 Å². The first-order chi connectivity index (χ1) is 7.84. The molecule has 2 aliphatic heterocycles. The predicted molar refractivity (Wildman–Crippen MR) is 63.1 cm³/mol. The number of nitrogens with one attached hydrogen (secondary N) is 1. The summed E-state index contributed by atoms with van der Waals surface area (Å²) in [7, 11) is 0. The zero-order valence-corrected chi connectivity index (χ0v) is 9.07. The van der Waals surface area contributed by atoms with Crippen molar-refractivity contribution in [2.75, 3.05) is 18.0 Å². The summed E-state index contributed by atoms with van der Waals surface area (Å²) < 4.78 is 13.2. The van der Waals surface area contributed by atoms with E-state index < -0.39 is 0 Å². The lowest BCUT2D eigenvalue weighted by molar-refractivity contribution is 0.566. The molecule has 1 fully saturated rings. The Bertz CT molecular complexity index is 416. The Morgan fingerprint density at radius 1 is 1.38 bits per heavy atom.